The summed E-state index contributed by atoms with van der Waals surface area (Å²) in [5, 5.41) is 16.8. The van der Waals surface area contributed by atoms with Gasteiger partial charge in [0.1, 0.15) is 0 Å². The zero-order chi connectivity index (χ0) is 16.9. The highest BCUT2D eigenvalue weighted by Crippen LogP contribution is 2.28. The second-order valence-electron chi connectivity index (χ2n) is 6.29. The SMILES string of the molecule is CC(Sc1ccc([N+](=O)[O-])cc1)C(=O)NCC1(C)CCNCC1. The molecule has 1 atom stereocenters. The number of carbonyl (C=O) groups is 1. The van der Waals surface area contributed by atoms with Gasteiger partial charge < -0.3 is 10.6 Å². The Kier molecular flexibility index (Phi) is 6.01. The molecule has 7 heteroatoms. The van der Waals surface area contributed by atoms with Crippen LogP contribution in [0.1, 0.15) is 26.7 Å². The highest BCUT2D eigenvalue weighted by Gasteiger charge is 2.27. The van der Waals surface area contributed by atoms with Crippen molar-refractivity contribution in [2.24, 2.45) is 5.41 Å². The number of nitro benzene ring substituents is 1. The summed E-state index contributed by atoms with van der Waals surface area (Å²) in [7, 11) is 0. The monoisotopic (exact) mass is 337 g/mol. The van der Waals surface area contributed by atoms with Crippen LogP contribution in [0.3, 0.4) is 0 Å². The third kappa shape index (κ3) is 5.21. The van der Waals surface area contributed by atoms with Crippen molar-refractivity contribution in [3.8, 4) is 0 Å². The number of nitrogens with zero attached hydrogens (tertiary/aromatic N) is 1. The van der Waals surface area contributed by atoms with Crippen LogP contribution in [0.2, 0.25) is 0 Å². The van der Waals surface area contributed by atoms with Crippen molar-refractivity contribution in [3.05, 3.63) is 34.4 Å². The van der Waals surface area contributed by atoms with E-state index in [1.807, 2.05) is 6.92 Å². The van der Waals surface area contributed by atoms with Crippen molar-refractivity contribution in [1.29, 1.82) is 0 Å². The van der Waals surface area contributed by atoms with Crippen molar-refractivity contribution < 1.29 is 9.72 Å². The van der Waals surface area contributed by atoms with E-state index >= 15 is 0 Å². The third-order valence-corrected chi connectivity index (χ3v) is 5.34. The lowest BCUT2D eigenvalue weighted by atomic mass is 9.81. The van der Waals surface area contributed by atoms with E-state index in [0.717, 1.165) is 30.8 Å². The van der Waals surface area contributed by atoms with Crippen LogP contribution in [0.4, 0.5) is 5.69 Å². The Morgan fingerprint density at radius 3 is 2.57 bits per heavy atom. The maximum atomic E-state index is 12.3. The van der Waals surface area contributed by atoms with E-state index in [4.69, 9.17) is 0 Å². The van der Waals surface area contributed by atoms with Gasteiger partial charge in [-0.3, -0.25) is 14.9 Å². The molecule has 6 nitrogen and oxygen atoms in total. The van der Waals surface area contributed by atoms with Crippen LogP contribution in [0.25, 0.3) is 0 Å². The first-order valence-electron chi connectivity index (χ1n) is 7.79. The average Bonchev–Trinajstić information content (AvgIpc) is 2.54. The van der Waals surface area contributed by atoms with Crippen molar-refractivity contribution >= 4 is 23.4 Å². The maximum Gasteiger partial charge on any atom is 0.269 e. The topological polar surface area (TPSA) is 84.3 Å². The number of benzene rings is 1. The second-order valence-corrected chi connectivity index (χ2v) is 7.70. The number of carbonyl (C=O) groups excluding carboxylic acids is 1. The Hall–Kier alpha value is -1.60. The quantitative estimate of drug-likeness (QED) is 0.473. The van der Waals surface area contributed by atoms with Crippen LogP contribution in [-0.4, -0.2) is 35.7 Å². The van der Waals surface area contributed by atoms with Crippen molar-refractivity contribution in [2.45, 2.75) is 36.8 Å². The number of non-ortho nitro benzene ring substituents is 1. The Bertz CT molecular complexity index is 556. The third-order valence-electron chi connectivity index (χ3n) is 4.23. The van der Waals surface area contributed by atoms with E-state index in [0.29, 0.717) is 6.54 Å². The first kappa shape index (κ1) is 17.7. The molecule has 1 saturated heterocycles. The summed E-state index contributed by atoms with van der Waals surface area (Å²) >= 11 is 1.41. The number of rotatable bonds is 6. The van der Waals surface area contributed by atoms with Gasteiger partial charge in [0.15, 0.2) is 0 Å². The molecule has 1 aliphatic rings. The number of nitrogens with one attached hydrogen (secondary N) is 2. The summed E-state index contributed by atoms with van der Waals surface area (Å²) in [6.45, 7) is 6.76. The second kappa shape index (κ2) is 7.79. The highest BCUT2D eigenvalue weighted by atomic mass is 32.2. The van der Waals surface area contributed by atoms with Crippen LogP contribution in [0.5, 0.6) is 0 Å². The number of amides is 1. The molecule has 1 heterocycles. The van der Waals surface area contributed by atoms with Crippen molar-refractivity contribution in [3.63, 3.8) is 0 Å². The van der Waals surface area contributed by atoms with E-state index in [2.05, 4.69) is 17.6 Å². The van der Waals surface area contributed by atoms with Gasteiger partial charge in [-0.05, 0) is 50.4 Å². The number of hydrogen-bond donors (Lipinski definition) is 2. The van der Waals surface area contributed by atoms with Crippen LogP contribution < -0.4 is 10.6 Å². The molecule has 0 aromatic heterocycles. The molecule has 2 rings (SSSR count). The lowest BCUT2D eigenvalue weighted by Gasteiger charge is -2.34. The van der Waals surface area contributed by atoms with Crippen LogP contribution in [0, 0.1) is 15.5 Å². The number of nitro groups is 1. The molecule has 1 aromatic carbocycles. The van der Waals surface area contributed by atoms with E-state index in [9.17, 15) is 14.9 Å². The molecule has 1 unspecified atom stereocenters. The van der Waals surface area contributed by atoms with Crippen molar-refractivity contribution in [1.82, 2.24) is 10.6 Å². The summed E-state index contributed by atoms with van der Waals surface area (Å²) in [6.07, 6.45) is 2.13. The molecule has 1 aromatic rings. The molecule has 0 radical (unpaired) electrons. The number of thioether (sulfide) groups is 1. The predicted octanol–water partition coefficient (Wildman–Crippen LogP) is 2.58. The molecule has 2 N–H and O–H groups in total. The van der Waals surface area contributed by atoms with Crippen LogP contribution >= 0.6 is 11.8 Å². The highest BCUT2D eigenvalue weighted by molar-refractivity contribution is 8.00. The minimum atomic E-state index is -0.426. The van der Waals surface area contributed by atoms with Crippen LogP contribution in [-0.2, 0) is 4.79 Å². The Balaban J connectivity index is 1.83. The maximum absolute atomic E-state index is 12.3. The van der Waals surface area contributed by atoms with Gasteiger partial charge >= 0.3 is 0 Å². The van der Waals surface area contributed by atoms with Gasteiger partial charge in [0.05, 0.1) is 10.2 Å². The van der Waals surface area contributed by atoms with Gasteiger partial charge in [-0.15, -0.1) is 11.8 Å². The summed E-state index contributed by atoms with van der Waals surface area (Å²) in [6, 6.07) is 6.29. The summed E-state index contributed by atoms with van der Waals surface area (Å²) in [4.78, 5) is 23.3. The standard InChI is InChI=1S/C16H23N3O3S/c1-12(23-14-5-3-13(4-6-14)19(21)22)15(20)18-11-16(2)7-9-17-10-8-16/h3-6,12,17H,7-11H2,1-2H3,(H,18,20). The zero-order valence-corrected chi connectivity index (χ0v) is 14.3. The largest absolute Gasteiger partial charge is 0.355 e. The predicted molar refractivity (Wildman–Crippen MR) is 91.6 cm³/mol. The number of hydrogen-bond acceptors (Lipinski definition) is 5. The van der Waals surface area contributed by atoms with Gasteiger partial charge in [0, 0.05) is 23.6 Å². The zero-order valence-electron chi connectivity index (χ0n) is 13.5. The van der Waals surface area contributed by atoms with Gasteiger partial charge in [0.2, 0.25) is 5.91 Å². The lowest BCUT2D eigenvalue weighted by molar-refractivity contribution is -0.384. The molecule has 23 heavy (non-hydrogen) atoms. The molecular weight excluding hydrogens is 314 g/mol. The van der Waals surface area contributed by atoms with Gasteiger partial charge in [0.25, 0.3) is 5.69 Å². The minimum Gasteiger partial charge on any atom is -0.355 e. The Morgan fingerprint density at radius 1 is 1.39 bits per heavy atom. The summed E-state index contributed by atoms with van der Waals surface area (Å²) in [5.41, 5.74) is 0.226. The molecule has 1 fully saturated rings. The van der Waals surface area contributed by atoms with E-state index < -0.39 is 4.92 Å². The molecule has 0 spiro atoms. The molecule has 0 aliphatic carbocycles. The lowest BCUT2D eigenvalue weighted by Crippen LogP contribution is -2.44. The van der Waals surface area contributed by atoms with Crippen molar-refractivity contribution in [2.75, 3.05) is 19.6 Å². The molecule has 0 bridgehead atoms. The normalized spacial score (nSPS) is 18.2. The summed E-state index contributed by atoms with van der Waals surface area (Å²) in [5.74, 6) is 0.00751. The average molecular weight is 337 g/mol. The Labute approximate surface area is 140 Å². The van der Waals surface area contributed by atoms with Crippen LogP contribution in [0.15, 0.2) is 29.2 Å². The molecular formula is C16H23N3O3S. The first-order chi connectivity index (χ1) is 10.9. The number of piperidine rings is 1. The smallest absolute Gasteiger partial charge is 0.269 e. The van der Waals surface area contributed by atoms with Gasteiger partial charge in [-0.25, -0.2) is 0 Å². The van der Waals surface area contributed by atoms with Gasteiger partial charge in [-0.1, -0.05) is 6.92 Å². The Morgan fingerprint density at radius 2 is 2.00 bits per heavy atom. The first-order valence-corrected chi connectivity index (χ1v) is 8.67. The minimum absolute atomic E-state index is 0.00751. The summed E-state index contributed by atoms with van der Waals surface area (Å²) < 4.78 is 0. The van der Waals surface area contributed by atoms with E-state index in [-0.39, 0.29) is 22.3 Å². The van der Waals surface area contributed by atoms with E-state index in [1.165, 1.54) is 23.9 Å². The molecule has 0 saturated carbocycles. The van der Waals surface area contributed by atoms with Gasteiger partial charge in [-0.2, -0.15) is 0 Å². The fourth-order valence-electron chi connectivity index (χ4n) is 2.56. The molecule has 1 aliphatic heterocycles. The fourth-order valence-corrected chi connectivity index (χ4v) is 3.45. The fraction of sp³-hybridized carbons (Fsp3) is 0.562. The molecule has 126 valence electrons. The van der Waals surface area contributed by atoms with E-state index in [1.54, 1.807) is 12.1 Å². The molecule has 1 amide bonds.